The molecule has 1 unspecified atom stereocenters. The molecule has 1 atom stereocenters. The van der Waals surface area contributed by atoms with Gasteiger partial charge in [0.15, 0.2) is 0 Å². The molecule has 0 spiro atoms. The van der Waals surface area contributed by atoms with Crippen molar-refractivity contribution in [1.29, 1.82) is 0 Å². The SMILES string of the molecule is Cc1cc(C(Br)Cc2cccc3ccccc23)sc1Br. The summed E-state index contributed by atoms with van der Waals surface area (Å²) >= 11 is 9.27. The van der Waals surface area contributed by atoms with Gasteiger partial charge in [-0.1, -0.05) is 58.4 Å². The lowest BCUT2D eigenvalue weighted by molar-refractivity contribution is 0.978. The molecule has 0 amide bonds. The summed E-state index contributed by atoms with van der Waals surface area (Å²) in [6, 6.07) is 17.4. The predicted molar refractivity (Wildman–Crippen MR) is 96.1 cm³/mol. The Labute approximate surface area is 140 Å². The van der Waals surface area contributed by atoms with Crippen LogP contribution in [0.25, 0.3) is 10.8 Å². The number of benzene rings is 2. The van der Waals surface area contributed by atoms with Crippen LogP contribution in [0.4, 0.5) is 0 Å². The van der Waals surface area contributed by atoms with Crippen LogP contribution in [0.1, 0.15) is 20.8 Å². The van der Waals surface area contributed by atoms with E-state index in [0.29, 0.717) is 4.83 Å². The van der Waals surface area contributed by atoms with Gasteiger partial charge in [0.05, 0.1) is 8.61 Å². The van der Waals surface area contributed by atoms with Crippen molar-refractivity contribution >= 4 is 54.0 Å². The molecular formula is C17H14Br2S. The summed E-state index contributed by atoms with van der Waals surface area (Å²) in [6.45, 7) is 2.14. The molecule has 1 heterocycles. The predicted octanol–water partition coefficient (Wildman–Crippen LogP) is 6.65. The van der Waals surface area contributed by atoms with Gasteiger partial charge in [0, 0.05) is 4.88 Å². The van der Waals surface area contributed by atoms with Crippen molar-refractivity contribution in [2.45, 2.75) is 18.2 Å². The summed E-state index contributed by atoms with van der Waals surface area (Å²) in [5, 5.41) is 2.67. The number of hydrogen-bond acceptors (Lipinski definition) is 1. The van der Waals surface area contributed by atoms with Gasteiger partial charge in [0.2, 0.25) is 0 Å². The molecule has 0 saturated heterocycles. The third-order valence-corrected chi connectivity index (χ3v) is 6.83. The van der Waals surface area contributed by atoms with Crippen LogP contribution in [-0.4, -0.2) is 0 Å². The van der Waals surface area contributed by atoms with Crippen LogP contribution >= 0.6 is 43.2 Å². The van der Waals surface area contributed by atoms with E-state index in [1.165, 1.54) is 30.6 Å². The maximum absolute atomic E-state index is 3.85. The second-order valence-corrected chi connectivity index (χ2v) is 8.42. The van der Waals surface area contributed by atoms with Crippen molar-refractivity contribution in [1.82, 2.24) is 0 Å². The normalized spacial score (nSPS) is 12.8. The lowest BCUT2D eigenvalue weighted by Crippen LogP contribution is -1.94. The van der Waals surface area contributed by atoms with E-state index in [1.54, 1.807) is 0 Å². The minimum Gasteiger partial charge on any atom is -0.132 e. The van der Waals surface area contributed by atoms with Gasteiger partial charge in [-0.3, -0.25) is 0 Å². The van der Waals surface area contributed by atoms with Gasteiger partial charge in [0.25, 0.3) is 0 Å². The van der Waals surface area contributed by atoms with Crippen molar-refractivity contribution in [2.24, 2.45) is 0 Å². The lowest BCUT2D eigenvalue weighted by atomic mass is 10.0. The number of alkyl halides is 1. The van der Waals surface area contributed by atoms with Crippen LogP contribution in [0.5, 0.6) is 0 Å². The first kappa shape index (κ1) is 14.3. The minimum atomic E-state index is 0.364. The van der Waals surface area contributed by atoms with E-state index in [-0.39, 0.29) is 0 Å². The highest BCUT2D eigenvalue weighted by atomic mass is 79.9. The summed E-state index contributed by atoms with van der Waals surface area (Å²) in [5.74, 6) is 0. The number of fused-ring (bicyclic) bond motifs is 1. The first-order valence-electron chi connectivity index (χ1n) is 6.51. The second-order valence-electron chi connectivity index (χ2n) is 4.92. The first-order chi connectivity index (χ1) is 9.65. The Hall–Kier alpha value is -0.640. The average Bonchev–Trinajstić information content (AvgIpc) is 2.79. The molecule has 0 fully saturated rings. The zero-order valence-corrected chi connectivity index (χ0v) is 15.1. The Balaban J connectivity index is 1.93. The largest absolute Gasteiger partial charge is 0.132 e. The van der Waals surface area contributed by atoms with Gasteiger partial charge in [0.1, 0.15) is 0 Å². The topological polar surface area (TPSA) is 0 Å². The molecule has 0 nitrogen and oxygen atoms in total. The van der Waals surface area contributed by atoms with Gasteiger partial charge in [-0.2, -0.15) is 0 Å². The molecule has 102 valence electrons. The molecule has 2 aromatic carbocycles. The molecule has 0 saturated carbocycles. The summed E-state index contributed by atoms with van der Waals surface area (Å²) in [6.07, 6.45) is 1.01. The minimum absolute atomic E-state index is 0.364. The third-order valence-electron chi connectivity index (χ3n) is 3.46. The maximum atomic E-state index is 3.85. The molecule has 0 aliphatic heterocycles. The Morgan fingerprint density at radius 3 is 2.60 bits per heavy atom. The molecule has 3 aromatic rings. The van der Waals surface area contributed by atoms with Crippen molar-refractivity contribution in [2.75, 3.05) is 0 Å². The Morgan fingerprint density at radius 1 is 1.10 bits per heavy atom. The molecule has 0 aliphatic rings. The van der Waals surface area contributed by atoms with Crippen LogP contribution in [0.15, 0.2) is 52.3 Å². The maximum Gasteiger partial charge on any atom is 0.0730 e. The van der Waals surface area contributed by atoms with Crippen molar-refractivity contribution in [3.8, 4) is 0 Å². The highest BCUT2D eigenvalue weighted by molar-refractivity contribution is 9.11. The standard InChI is InChI=1S/C17H14Br2S/c1-11-9-16(20-17(11)19)15(18)10-13-7-4-6-12-5-2-3-8-14(12)13/h2-9,15H,10H2,1H3. The van der Waals surface area contributed by atoms with Crippen molar-refractivity contribution in [3.05, 3.63) is 68.3 Å². The molecule has 0 radical (unpaired) electrons. The molecular weight excluding hydrogens is 396 g/mol. The van der Waals surface area contributed by atoms with E-state index in [4.69, 9.17) is 0 Å². The van der Waals surface area contributed by atoms with E-state index >= 15 is 0 Å². The van der Waals surface area contributed by atoms with Crippen LogP contribution in [0.3, 0.4) is 0 Å². The summed E-state index contributed by atoms with van der Waals surface area (Å²) in [5.41, 5.74) is 2.71. The lowest BCUT2D eigenvalue weighted by Gasteiger charge is -2.10. The van der Waals surface area contributed by atoms with Gasteiger partial charge < -0.3 is 0 Å². The Morgan fingerprint density at radius 2 is 1.85 bits per heavy atom. The molecule has 3 rings (SSSR count). The highest BCUT2D eigenvalue weighted by Gasteiger charge is 2.14. The van der Waals surface area contributed by atoms with Crippen molar-refractivity contribution in [3.63, 3.8) is 0 Å². The van der Waals surface area contributed by atoms with Crippen LogP contribution < -0.4 is 0 Å². The third kappa shape index (κ3) is 2.85. The highest BCUT2D eigenvalue weighted by Crippen LogP contribution is 2.37. The van der Waals surface area contributed by atoms with E-state index in [0.717, 1.165) is 6.42 Å². The smallest absolute Gasteiger partial charge is 0.0730 e. The Kier molecular flexibility index (Phi) is 4.29. The molecule has 3 heteroatoms. The van der Waals surface area contributed by atoms with E-state index in [1.807, 2.05) is 11.3 Å². The zero-order chi connectivity index (χ0) is 14.1. The van der Waals surface area contributed by atoms with Gasteiger partial charge >= 0.3 is 0 Å². The van der Waals surface area contributed by atoms with E-state index in [9.17, 15) is 0 Å². The van der Waals surface area contributed by atoms with Crippen molar-refractivity contribution < 1.29 is 0 Å². The Bertz CT molecular complexity index is 721. The molecule has 0 aliphatic carbocycles. The molecule has 20 heavy (non-hydrogen) atoms. The quantitative estimate of drug-likeness (QED) is 0.424. The fourth-order valence-corrected chi connectivity index (χ4v) is 4.71. The monoisotopic (exact) mass is 408 g/mol. The summed E-state index contributed by atoms with van der Waals surface area (Å²) in [7, 11) is 0. The summed E-state index contributed by atoms with van der Waals surface area (Å²) < 4.78 is 1.23. The van der Waals surface area contributed by atoms with Crippen LogP contribution in [0, 0.1) is 6.92 Å². The number of halogens is 2. The summed E-state index contributed by atoms with van der Waals surface area (Å²) in [4.78, 5) is 1.74. The fraction of sp³-hybridized carbons (Fsp3) is 0.176. The second kappa shape index (κ2) is 6.00. The fourth-order valence-electron chi connectivity index (χ4n) is 2.40. The first-order valence-corrected chi connectivity index (χ1v) is 9.04. The van der Waals surface area contributed by atoms with E-state index in [2.05, 4.69) is 87.3 Å². The van der Waals surface area contributed by atoms with Crippen LogP contribution in [0.2, 0.25) is 0 Å². The number of thiophene rings is 1. The number of hydrogen-bond donors (Lipinski definition) is 0. The van der Waals surface area contributed by atoms with Gasteiger partial charge in [-0.05, 0) is 57.2 Å². The molecule has 0 N–H and O–H groups in total. The molecule has 0 bridgehead atoms. The number of aryl methyl sites for hydroxylation is 1. The average molecular weight is 410 g/mol. The van der Waals surface area contributed by atoms with Gasteiger partial charge in [-0.15, -0.1) is 11.3 Å². The molecule has 1 aromatic heterocycles. The van der Waals surface area contributed by atoms with Crippen LogP contribution in [-0.2, 0) is 6.42 Å². The van der Waals surface area contributed by atoms with Gasteiger partial charge in [-0.25, -0.2) is 0 Å². The van der Waals surface area contributed by atoms with E-state index < -0.39 is 0 Å². The number of rotatable bonds is 3. The zero-order valence-electron chi connectivity index (χ0n) is 11.1.